The molecule has 1 aromatic heterocycles. The van der Waals surface area contributed by atoms with E-state index in [9.17, 15) is 9.18 Å². The molecule has 0 aliphatic heterocycles. The predicted octanol–water partition coefficient (Wildman–Crippen LogP) is 4.45. The molecule has 2 aromatic carbocycles. The maximum absolute atomic E-state index is 13.5. The van der Waals surface area contributed by atoms with Crippen LogP contribution in [0.4, 0.5) is 4.39 Å². The minimum Gasteiger partial charge on any atom is -0.340 e. The van der Waals surface area contributed by atoms with Gasteiger partial charge >= 0.3 is 0 Å². The molecule has 128 valence electrons. The zero-order valence-electron chi connectivity index (χ0n) is 14.5. The molecule has 0 spiro atoms. The molecule has 0 radical (unpaired) electrons. The maximum Gasteiger partial charge on any atom is 0.271 e. The van der Waals surface area contributed by atoms with Gasteiger partial charge in [0.1, 0.15) is 11.5 Å². The van der Waals surface area contributed by atoms with E-state index in [-0.39, 0.29) is 11.7 Å². The summed E-state index contributed by atoms with van der Waals surface area (Å²) in [5.41, 5.74) is 3.48. The third-order valence-corrected chi connectivity index (χ3v) is 4.36. The molecule has 0 saturated heterocycles. The van der Waals surface area contributed by atoms with E-state index in [0.29, 0.717) is 24.3 Å². The Bertz CT molecular complexity index is 925. The van der Waals surface area contributed by atoms with Gasteiger partial charge in [-0.05, 0) is 36.8 Å². The molecule has 0 atom stereocenters. The summed E-state index contributed by atoms with van der Waals surface area (Å²) in [6.07, 6.45) is 1.72. The van der Waals surface area contributed by atoms with Gasteiger partial charge in [0.25, 0.3) is 5.91 Å². The Kier molecular flexibility index (Phi) is 4.70. The van der Waals surface area contributed by atoms with Crippen LogP contribution in [-0.4, -0.2) is 21.9 Å². The lowest BCUT2D eigenvalue weighted by Crippen LogP contribution is -2.32. The highest BCUT2D eigenvalue weighted by molar-refractivity contribution is 5.98. The second kappa shape index (κ2) is 6.93. The van der Waals surface area contributed by atoms with Crippen LogP contribution in [0, 0.1) is 12.7 Å². The van der Waals surface area contributed by atoms with Crippen molar-refractivity contribution in [3.63, 3.8) is 0 Å². The number of carbonyl (C=O) groups is 1. The van der Waals surface area contributed by atoms with Gasteiger partial charge in [-0.15, -0.1) is 6.58 Å². The average molecular weight is 336 g/mol. The van der Waals surface area contributed by atoms with Gasteiger partial charge < -0.3 is 9.47 Å². The van der Waals surface area contributed by atoms with Crippen molar-refractivity contribution in [1.29, 1.82) is 0 Å². The van der Waals surface area contributed by atoms with E-state index in [0.717, 1.165) is 10.9 Å². The fourth-order valence-corrected chi connectivity index (χ4v) is 2.96. The predicted molar refractivity (Wildman–Crippen MR) is 99.0 cm³/mol. The van der Waals surface area contributed by atoms with Crippen LogP contribution in [0.25, 0.3) is 10.9 Å². The lowest BCUT2D eigenvalue weighted by Gasteiger charge is -2.21. The van der Waals surface area contributed by atoms with Gasteiger partial charge in [-0.3, -0.25) is 4.79 Å². The van der Waals surface area contributed by atoms with Crippen molar-refractivity contribution in [3.8, 4) is 0 Å². The highest BCUT2D eigenvalue weighted by Crippen LogP contribution is 2.21. The second-order valence-electron chi connectivity index (χ2n) is 6.25. The van der Waals surface area contributed by atoms with Crippen molar-refractivity contribution in [2.75, 3.05) is 6.54 Å². The van der Waals surface area contributed by atoms with E-state index in [2.05, 4.69) is 6.58 Å². The summed E-state index contributed by atoms with van der Waals surface area (Å²) in [6, 6.07) is 14.5. The molecule has 3 aromatic rings. The number of aryl methyl sites for hydroxylation is 2. The van der Waals surface area contributed by atoms with Gasteiger partial charge in [0.15, 0.2) is 0 Å². The third-order valence-electron chi connectivity index (χ3n) is 4.36. The lowest BCUT2D eigenvalue weighted by molar-refractivity contribution is 0.0753. The van der Waals surface area contributed by atoms with Gasteiger partial charge in [-0.1, -0.05) is 35.9 Å². The number of hydrogen-bond acceptors (Lipinski definition) is 1. The Morgan fingerprint density at radius 2 is 1.92 bits per heavy atom. The van der Waals surface area contributed by atoms with Gasteiger partial charge in [0.2, 0.25) is 0 Å². The fourth-order valence-electron chi connectivity index (χ4n) is 2.96. The molecular weight excluding hydrogens is 315 g/mol. The van der Waals surface area contributed by atoms with E-state index in [1.807, 2.05) is 37.3 Å². The molecular formula is C21H21FN2O. The number of benzene rings is 2. The van der Waals surface area contributed by atoms with Gasteiger partial charge in [0, 0.05) is 25.5 Å². The molecule has 25 heavy (non-hydrogen) atoms. The molecule has 1 amide bonds. The number of halogens is 1. The molecule has 0 aliphatic carbocycles. The normalized spacial score (nSPS) is 10.8. The highest BCUT2D eigenvalue weighted by Gasteiger charge is 2.20. The first-order valence-electron chi connectivity index (χ1n) is 8.20. The number of carbonyl (C=O) groups excluding carboxylic acids is 1. The Morgan fingerprint density at radius 1 is 1.20 bits per heavy atom. The van der Waals surface area contributed by atoms with Crippen LogP contribution >= 0.6 is 0 Å². The standard InChI is InChI=1S/C21H21FN2O/c1-4-11-24(14-16-7-5-15(2)6-8-16)21(25)20-12-17-9-10-18(22)13-19(17)23(20)3/h4-10,12-13H,1,11,14H2,2-3H3. The molecule has 3 rings (SSSR count). The van der Waals surface area contributed by atoms with E-state index in [4.69, 9.17) is 0 Å². The first kappa shape index (κ1) is 17.0. The molecule has 0 N–H and O–H groups in total. The first-order chi connectivity index (χ1) is 12.0. The van der Waals surface area contributed by atoms with Crippen LogP contribution in [0.15, 0.2) is 61.2 Å². The topological polar surface area (TPSA) is 25.2 Å². The van der Waals surface area contributed by atoms with Crippen molar-refractivity contribution < 1.29 is 9.18 Å². The molecule has 0 bridgehead atoms. The number of nitrogens with zero attached hydrogens (tertiary/aromatic N) is 2. The van der Waals surface area contributed by atoms with E-state index in [1.54, 1.807) is 28.7 Å². The number of fused-ring (bicyclic) bond motifs is 1. The van der Waals surface area contributed by atoms with E-state index in [1.165, 1.54) is 17.7 Å². The molecule has 4 heteroatoms. The van der Waals surface area contributed by atoms with Crippen LogP contribution in [0.5, 0.6) is 0 Å². The smallest absolute Gasteiger partial charge is 0.271 e. The van der Waals surface area contributed by atoms with Crippen molar-refractivity contribution in [2.45, 2.75) is 13.5 Å². The van der Waals surface area contributed by atoms with Gasteiger partial charge in [-0.2, -0.15) is 0 Å². The van der Waals surface area contributed by atoms with E-state index >= 15 is 0 Å². The number of rotatable bonds is 5. The van der Waals surface area contributed by atoms with E-state index < -0.39 is 0 Å². The zero-order chi connectivity index (χ0) is 18.0. The Balaban J connectivity index is 1.93. The van der Waals surface area contributed by atoms with Crippen molar-refractivity contribution in [3.05, 3.63) is 83.8 Å². The molecule has 0 aliphatic rings. The van der Waals surface area contributed by atoms with Crippen molar-refractivity contribution in [2.24, 2.45) is 7.05 Å². The lowest BCUT2D eigenvalue weighted by atomic mass is 10.1. The molecule has 0 saturated carbocycles. The quantitative estimate of drug-likeness (QED) is 0.632. The Morgan fingerprint density at radius 3 is 2.60 bits per heavy atom. The summed E-state index contributed by atoms with van der Waals surface area (Å²) in [5.74, 6) is -0.408. The summed E-state index contributed by atoms with van der Waals surface area (Å²) in [7, 11) is 1.78. The Hall–Kier alpha value is -2.88. The molecule has 0 unspecified atom stereocenters. The van der Waals surface area contributed by atoms with Gasteiger partial charge in [0.05, 0.1) is 5.52 Å². The summed E-state index contributed by atoms with van der Waals surface area (Å²) < 4.78 is 15.2. The summed E-state index contributed by atoms with van der Waals surface area (Å²) in [6.45, 7) is 6.74. The van der Waals surface area contributed by atoms with Crippen LogP contribution < -0.4 is 0 Å². The van der Waals surface area contributed by atoms with Crippen molar-refractivity contribution in [1.82, 2.24) is 9.47 Å². The molecule has 1 heterocycles. The largest absolute Gasteiger partial charge is 0.340 e. The van der Waals surface area contributed by atoms with Crippen LogP contribution in [0.3, 0.4) is 0 Å². The second-order valence-corrected chi connectivity index (χ2v) is 6.25. The molecule has 0 fully saturated rings. The van der Waals surface area contributed by atoms with Crippen molar-refractivity contribution >= 4 is 16.8 Å². The SMILES string of the molecule is C=CCN(Cc1ccc(C)cc1)C(=O)c1cc2ccc(F)cc2n1C. The van der Waals surface area contributed by atoms with Crippen LogP contribution in [0.1, 0.15) is 21.6 Å². The van der Waals surface area contributed by atoms with Crippen LogP contribution in [-0.2, 0) is 13.6 Å². The number of hydrogen-bond donors (Lipinski definition) is 0. The minimum atomic E-state index is -0.310. The summed E-state index contributed by atoms with van der Waals surface area (Å²) in [4.78, 5) is 14.8. The number of amides is 1. The van der Waals surface area contributed by atoms with Gasteiger partial charge in [-0.25, -0.2) is 4.39 Å². The maximum atomic E-state index is 13.5. The Labute approximate surface area is 147 Å². The summed E-state index contributed by atoms with van der Waals surface area (Å²) >= 11 is 0. The minimum absolute atomic E-state index is 0.0976. The number of aromatic nitrogens is 1. The summed E-state index contributed by atoms with van der Waals surface area (Å²) in [5, 5.41) is 0.848. The zero-order valence-corrected chi connectivity index (χ0v) is 14.5. The average Bonchev–Trinajstić information content (AvgIpc) is 2.92. The highest BCUT2D eigenvalue weighted by atomic mass is 19.1. The monoisotopic (exact) mass is 336 g/mol. The first-order valence-corrected chi connectivity index (χ1v) is 8.20. The fraction of sp³-hybridized carbons (Fsp3) is 0.190. The van der Waals surface area contributed by atoms with Crippen LogP contribution in [0.2, 0.25) is 0 Å². The molecule has 3 nitrogen and oxygen atoms in total. The third kappa shape index (κ3) is 3.48.